The first-order valence-electron chi connectivity index (χ1n) is 7.93. The van der Waals surface area contributed by atoms with Gasteiger partial charge in [-0.3, -0.25) is 4.99 Å². The first-order chi connectivity index (χ1) is 9.87. The Kier molecular flexibility index (Phi) is 4.81. The number of benzene rings is 1. The van der Waals surface area contributed by atoms with Crippen molar-refractivity contribution in [2.24, 2.45) is 10.4 Å². The monoisotopic (exact) mass is 413 g/mol. The molecule has 0 aromatic heterocycles. The van der Waals surface area contributed by atoms with E-state index in [1.54, 1.807) is 0 Å². The second-order valence-corrected chi connectivity index (χ2v) is 7.56. The Bertz CT molecular complexity index is 577. The van der Waals surface area contributed by atoms with Crippen molar-refractivity contribution in [2.75, 3.05) is 20.1 Å². The van der Waals surface area contributed by atoms with Gasteiger partial charge in [-0.15, -0.1) is 24.0 Å². The summed E-state index contributed by atoms with van der Waals surface area (Å²) in [5.74, 6) is 1.68. The molecule has 3 rings (SSSR count). The summed E-state index contributed by atoms with van der Waals surface area (Å²) in [6.45, 7) is 11.3. The van der Waals surface area contributed by atoms with E-state index in [9.17, 15) is 0 Å². The Labute approximate surface area is 151 Å². The van der Waals surface area contributed by atoms with Gasteiger partial charge in [0.25, 0.3) is 0 Å². The standard InChI is InChI=1S/C18H27N3.HI/c1-17(2)12-21(18(17,3)4)16(19-5)20-11-14-10-13-8-6-7-9-15(13)14;/h6-9,14H,10-12H2,1-5H3,(H,19,20);1H. The van der Waals surface area contributed by atoms with Gasteiger partial charge in [0.1, 0.15) is 0 Å². The molecule has 1 fully saturated rings. The fourth-order valence-corrected chi connectivity index (χ4v) is 3.45. The van der Waals surface area contributed by atoms with Crippen LogP contribution in [0.5, 0.6) is 0 Å². The van der Waals surface area contributed by atoms with Crippen LogP contribution in [0.1, 0.15) is 44.7 Å². The van der Waals surface area contributed by atoms with Crippen LogP contribution in [-0.2, 0) is 6.42 Å². The van der Waals surface area contributed by atoms with Crippen molar-refractivity contribution in [1.82, 2.24) is 10.2 Å². The third-order valence-corrected chi connectivity index (χ3v) is 5.82. The molecule has 0 bridgehead atoms. The minimum atomic E-state index is 0. The van der Waals surface area contributed by atoms with E-state index in [0.29, 0.717) is 11.3 Å². The van der Waals surface area contributed by atoms with Gasteiger partial charge in [-0.25, -0.2) is 0 Å². The van der Waals surface area contributed by atoms with E-state index in [1.165, 1.54) is 17.5 Å². The third-order valence-electron chi connectivity index (χ3n) is 5.82. The lowest BCUT2D eigenvalue weighted by atomic mass is 9.65. The minimum Gasteiger partial charge on any atom is -0.356 e. The van der Waals surface area contributed by atoms with E-state index in [4.69, 9.17) is 0 Å². The minimum absolute atomic E-state index is 0. The van der Waals surface area contributed by atoms with Crippen LogP contribution >= 0.6 is 24.0 Å². The van der Waals surface area contributed by atoms with Crippen LogP contribution in [0.25, 0.3) is 0 Å². The number of nitrogens with one attached hydrogen (secondary N) is 1. The maximum atomic E-state index is 4.49. The van der Waals surface area contributed by atoms with Gasteiger partial charge in [0.15, 0.2) is 5.96 Å². The number of rotatable bonds is 2. The van der Waals surface area contributed by atoms with Gasteiger partial charge in [-0.1, -0.05) is 38.1 Å². The fraction of sp³-hybridized carbons (Fsp3) is 0.611. The number of guanidine groups is 1. The van der Waals surface area contributed by atoms with Gasteiger partial charge >= 0.3 is 0 Å². The molecule has 0 saturated carbocycles. The van der Waals surface area contributed by atoms with Crippen molar-refractivity contribution in [3.05, 3.63) is 35.4 Å². The topological polar surface area (TPSA) is 27.6 Å². The molecule has 1 heterocycles. The number of hydrogen-bond donors (Lipinski definition) is 1. The van der Waals surface area contributed by atoms with Crippen molar-refractivity contribution in [1.29, 1.82) is 0 Å². The lowest BCUT2D eigenvalue weighted by Crippen LogP contribution is -2.72. The molecular weight excluding hydrogens is 385 g/mol. The van der Waals surface area contributed by atoms with Crippen LogP contribution in [0.4, 0.5) is 0 Å². The number of likely N-dealkylation sites (tertiary alicyclic amines) is 1. The van der Waals surface area contributed by atoms with Crippen molar-refractivity contribution in [3.8, 4) is 0 Å². The Hall–Kier alpha value is -0.780. The van der Waals surface area contributed by atoms with Crippen LogP contribution in [0.15, 0.2) is 29.3 Å². The summed E-state index contributed by atoms with van der Waals surface area (Å²) >= 11 is 0. The summed E-state index contributed by atoms with van der Waals surface area (Å²) in [4.78, 5) is 6.89. The molecule has 0 radical (unpaired) electrons. The van der Waals surface area contributed by atoms with Gasteiger partial charge in [0, 0.05) is 37.0 Å². The highest BCUT2D eigenvalue weighted by atomic mass is 127. The zero-order valence-electron chi connectivity index (χ0n) is 14.3. The molecule has 2 aliphatic rings. The smallest absolute Gasteiger partial charge is 0.194 e. The van der Waals surface area contributed by atoms with Crippen molar-refractivity contribution >= 4 is 29.9 Å². The van der Waals surface area contributed by atoms with Crippen LogP contribution < -0.4 is 5.32 Å². The van der Waals surface area contributed by atoms with Crippen LogP contribution in [0, 0.1) is 5.41 Å². The lowest BCUT2D eigenvalue weighted by molar-refractivity contribution is -0.0667. The van der Waals surface area contributed by atoms with Gasteiger partial charge in [0.2, 0.25) is 0 Å². The zero-order valence-corrected chi connectivity index (χ0v) is 16.6. The highest BCUT2D eigenvalue weighted by Gasteiger charge is 2.53. The summed E-state index contributed by atoms with van der Waals surface area (Å²) in [7, 11) is 1.89. The van der Waals surface area contributed by atoms with Crippen molar-refractivity contribution in [3.63, 3.8) is 0 Å². The molecule has 0 spiro atoms. The molecule has 122 valence electrons. The Balaban J connectivity index is 0.00000176. The average molecular weight is 413 g/mol. The Morgan fingerprint density at radius 2 is 1.95 bits per heavy atom. The summed E-state index contributed by atoms with van der Waals surface area (Å²) in [6, 6.07) is 8.76. The predicted molar refractivity (Wildman–Crippen MR) is 104 cm³/mol. The van der Waals surface area contributed by atoms with Gasteiger partial charge in [-0.2, -0.15) is 0 Å². The quantitative estimate of drug-likeness (QED) is 0.456. The molecule has 1 aromatic rings. The SMILES string of the molecule is CN=C(NCC1Cc2ccccc21)N1CC(C)(C)C1(C)C.I. The summed E-state index contributed by atoms with van der Waals surface area (Å²) in [6.07, 6.45) is 1.19. The molecule has 4 heteroatoms. The largest absolute Gasteiger partial charge is 0.356 e. The van der Waals surface area contributed by atoms with Crippen LogP contribution in [0.2, 0.25) is 0 Å². The van der Waals surface area contributed by atoms with Gasteiger partial charge < -0.3 is 10.2 Å². The molecule has 1 aliphatic heterocycles. The molecular formula is C18H28IN3. The second kappa shape index (κ2) is 6.02. The van der Waals surface area contributed by atoms with E-state index in [0.717, 1.165) is 19.0 Å². The van der Waals surface area contributed by atoms with Crippen molar-refractivity contribution < 1.29 is 0 Å². The molecule has 3 nitrogen and oxygen atoms in total. The Morgan fingerprint density at radius 3 is 2.50 bits per heavy atom. The summed E-state index contributed by atoms with van der Waals surface area (Å²) in [5.41, 5.74) is 3.51. The maximum Gasteiger partial charge on any atom is 0.194 e. The first-order valence-corrected chi connectivity index (χ1v) is 7.93. The molecule has 1 unspecified atom stereocenters. The van der Waals surface area contributed by atoms with Crippen LogP contribution in [0.3, 0.4) is 0 Å². The van der Waals surface area contributed by atoms with E-state index in [-0.39, 0.29) is 29.5 Å². The van der Waals surface area contributed by atoms with E-state index in [2.05, 4.69) is 67.2 Å². The average Bonchev–Trinajstić information content (AvgIpc) is 2.42. The predicted octanol–water partition coefficient (Wildman–Crippen LogP) is 3.64. The normalized spacial score (nSPS) is 24.5. The highest BCUT2D eigenvalue weighted by Crippen LogP contribution is 2.46. The second-order valence-electron chi connectivity index (χ2n) is 7.56. The molecule has 0 amide bonds. The number of fused-ring (bicyclic) bond motifs is 1. The van der Waals surface area contributed by atoms with Gasteiger partial charge in [0.05, 0.1) is 0 Å². The van der Waals surface area contributed by atoms with Crippen molar-refractivity contribution in [2.45, 2.75) is 45.6 Å². The number of halogens is 1. The third kappa shape index (κ3) is 2.63. The number of nitrogens with zero attached hydrogens (tertiary/aromatic N) is 2. The number of aliphatic imine (C=N–C) groups is 1. The molecule has 1 N–H and O–H groups in total. The highest BCUT2D eigenvalue weighted by molar-refractivity contribution is 14.0. The van der Waals surface area contributed by atoms with Crippen LogP contribution in [-0.4, -0.2) is 36.5 Å². The summed E-state index contributed by atoms with van der Waals surface area (Å²) < 4.78 is 0. The molecule has 1 saturated heterocycles. The summed E-state index contributed by atoms with van der Waals surface area (Å²) in [5, 5.41) is 3.58. The zero-order chi connectivity index (χ0) is 15.3. The molecule has 1 atom stereocenters. The fourth-order valence-electron chi connectivity index (χ4n) is 3.45. The van der Waals surface area contributed by atoms with E-state index >= 15 is 0 Å². The first kappa shape index (κ1) is 17.6. The van der Waals surface area contributed by atoms with Gasteiger partial charge in [-0.05, 0) is 31.4 Å². The molecule has 22 heavy (non-hydrogen) atoms. The lowest BCUT2D eigenvalue weighted by Gasteiger charge is -2.62. The molecule has 1 aromatic carbocycles. The molecule has 1 aliphatic carbocycles. The van der Waals surface area contributed by atoms with E-state index < -0.39 is 0 Å². The Morgan fingerprint density at radius 1 is 1.27 bits per heavy atom. The number of hydrogen-bond acceptors (Lipinski definition) is 1. The maximum absolute atomic E-state index is 4.49. The van der Waals surface area contributed by atoms with E-state index in [1.807, 2.05) is 7.05 Å².